The zero-order chi connectivity index (χ0) is 14.8. The standard InChI is InChI=1S/C14H21N5OS/c1-10(2)18(7-11-4-3-5-15-11)8-12-6-13(20)19-14(17-12)21-9-16-19/h6,9-11,15H,3-5,7-8H2,1-2H3. The monoisotopic (exact) mass is 307 g/mol. The van der Waals surface area contributed by atoms with E-state index < -0.39 is 0 Å². The Kier molecular flexibility index (Phi) is 4.32. The highest BCUT2D eigenvalue weighted by Crippen LogP contribution is 2.13. The number of hydrogen-bond donors (Lipinski definition) is 1. The lowest BCUT2D eigenvalue weighted by Gasteiger charge is -2.28. The summed E-state index contributed by atoms with van der Waals surface area (Å²) in [5, 5.41) is 7.52. The minimum absolute atomic E-state index is 0.0982. The van der Waals surface area contributed by atoms with Crippen LogP contribution in [0.15, 0.2) is 16.4 Å². The highest BCUT2D eigenvalue weighted by Gasteiger charge is 2.20. The number of aromatic nitrogens is 3. The molecule has 0 spiro atoms. The lowest BCUT2D eigenvalue weighted by Crippen LogP contribution is -2.41. The van der Waals surface area contributed by atoms with Crippen molar-refractivity contribution < 1.29 is 0 Å². The van der Waals surface area contributed by atoms with Gasteiger partial charge in [0.05, 0.1) is 5.69 Å². The zero-order valence-corrected chi connectivity index (χ0v) is 13.3. The van der Waals surface area contributed by atoms with Crippen molar-refractivity contribution >= 4 is 16.3 Å². The zero-order valence-electron chi connectivity index (χ0n) is 12.5. The number of fused-ring (bicyclic) bond motifs is 1. The Morgan fingerprint density at radius 2 is 2.43 bits per heavy atom. The molecule has 3 rings (SSSR count). The summed E-state index contributed by atoms with van der Waals surface area (Å²) in [5.41, 5.74) is 2.38. The van der Waals surface area contributed by atoms with Crippen molar-refractivity contribution in [3.63, 3.8) is 0 Å². The molecule has 1 atom stereocenters. The highest BCUT2D eigenvalue weighted by molar-refractivity contribution is 7.14. The van der Waals surface area contributed by atoms with Gasteiger partial charge in [-0.15, -0.1) is 0 Å². The number of nitrogens with one attached hydrogen (secondary N) is 1. The van der Waals surface area contributed by atoms with Crippen molar-refractivity contribution in [2.75, 3.05) is 13.1 Å². The molecule has 1 unspecified atom stereocenters. The van der Waals surface area contributed by atoms with Gasteiger partial charge in [0.1, 0.15) is 5.51 Å². The fourth-order valence-corrected chi connectivity index (χ4v) is 3.39. The molecule has 6 nitrogen and oxygen atoms in total. The van der Waals surface area contributed by atoms with Crippen molar-refractivity contribution in [1.29, 1.82) is 0 Å². The highest BCUT2D eigenvalue weighted by atomic mass is 32.1. The van der Waals surface area contributed by atoms with E-state index in [2.05, 4.69) is 34.1 Å². The van der Waals surface area contributed by atoms with Crippen LogP contribution in [0.5, 0.6) is 0 Å². The maximum Gasteiger partial charge on any atom is 0.275 e. The molecule has 2 aromatic heterocycles. The SMILES string of the molecule is CC(C)N(Cc1cc(=O)n2ncsc2n1)CC1CCCN1. The molecule has 3 heterocycles. The molecule has 2 aromatic rings. The summed E-state index contributed by atoms with van der Waals surface area (Å²) in [6.07, 6.45) is 2.48. The van der Waals surface area contributed by atoms with E-state index in [0.717, 1.165) is 18.8 Å². The third kappa shape index (κ3) is 3.30. The van der Waals surface area contributed by atoms with Crippen molar-refractivity contribution in [2.45, 2.75) is 45.3 Å². The molecule has 1 N–H and O–H groups in total. The van der Waals surface area contributed by atoms with Crippen LogP contribution in [0.25, 0.3) is 4.96 Å². The third-order valence-electron chi connectivity index (χ3n) is 3.95. The Morgan fingerprint density at radius 3 is 3.14 bits per heavy atom. The Hall–Kier alpha value is -1.31. The molecule has 1 aliphatic heterocycles. The minimum atomic E-state index is -0.0982. The first-order valence-corrected chi connectivity index (χ1v) is 8.31. The molecular formula is C14H21N5OS. The fraction of sp³-hybridized carbons (Fsp3) is 0.643. The lowest BCUT2D eigenvalue weighted by molar-refractivity contribution is 0.192. The Morgan fingerprint density at radius 1 is 1.57 bits per heavy atom. The van der Waals surface area contributed by atoms with Crippen LogP contribution in [-0.2, 0) is 6.54 Å². The van der Waals surface area contributed by atoms with Crippen LogP contribution in [0.4, 0.5) is 0 Å². The summed E-state index contributed by atoms with van der Waals surface area (Å²) < 4.78 is 1.35. The first-order chi connectivity index (χ1) is 10.1. The second kappa shape index (κ2) is 6.21. The average Bonchev–Trinajstić information content (AvgIpc) is 3.08. The van der Waals surface area contributed by atoms with Crippen molar-refractivity contribution in [1.82, 2.24) is 24.8 Å². The number of hydrogen-bond acceptors (Lipinski definition) is 6. The van der Waals surface area contributed by atoms with Gasteiger partial charge in [-0.05, 0) is 33.2 Å². The summed E-state index contributed by atoms with van der Waals surface area (Å²) in [4.78, 5) is 19.6. The van der Waals surface area contributed by atoms with Gasteiger partial charge in [-0.3, -0.25) is 9.69 Å². The fourth-order valence-electron chi connectivity index (χ4n) is 2.74. The van der Waals surface area contributed by atoms with E-state index in [-0.39, 0.29) is 5.56 Å². The van der Waals surface area contributed by atoms with Gasteiger partial charge >= 0.3 is 0 Å². The van der Waals surface area contributed by atoms with Gasteiger partial charge in [-0.1, -0.05) is 11.3 Å². The number of rotatable bonds is 5. The second-order valence-corrected chi connectivity index (χ2v) is 6.65. The van der Waals surface area contributed by atoms with Gasteiger partial charge in [0.25, 0.3) is 5.56 Å². The summed E-state index contributed by atoms with van der Waals surface area (Å²) in [5.74, 6) is 0. The molecule has 114 valence electrons. The molecule has 0 amide bonds. The average molecular weight is 307 g/mol. The van der Waals surface area contributed by atoms with Crippen molar-refractivity contribution in [2.24, 2.45) is 0 Å². The van der Waals surface area contributed by atoms with E-state index in [1.165, 1.54) is 28.7 Å². The van der Waals surface area contributed by atoms with Crippen LogP contribution < -0.4 is 10.9 Å². The van der Waals surface area contributed by atoms with Gasteiger partial charge in [0, 0.05) is 31.2 Å². The summed E-state index contributed by atoms with van der Waals surface area (Å²) >= 11 is 1.39. The van der Waals surface area contributed by atoms with Crippen molar-refractivity contribution in [3.8, 4) is 0 Å². The molecule has 1 aliphatic rings. The first kappa shape index (κ1) is 14.6. The van der Waals surface area contributed by atoms with Crippen LogP contribution in [0.2, 0.25) is 0 Å². The van der Waals surface area contributed by atoms with E-state index in [0.29, 0.717) is 23.6 Å². The molecular weight excluding hydrogens is 286 g/mol. The van der Waals surface area contributed by atoms with E-state index in [1.807, 2.05) is 0 Å². The van der Waals surface area contributed by atoms with E-state index in [4.69, 9.17) is 0 Å². The molecule has 0 aliphatic carbocycles. The second-order valence-electron chi connectivity index (χ2n) is 5.84. The predicted octanol–water partition coefficient (Wildman–Crippen LogP) is 1.11. The van der Waals surface area contributed by atoms with Crippen LogP contribution >= 0.6 is 11.3 Å². The number of nitrogens with zero attached hydrogens (tertiary/aromatic N) is 4. The first-order valence-electron chi connectivity index (χ1n) is 7.43. The quantitative estimate of drug-likeness (QED) is 0.897. The molecule has 0 radical (unpaired) electrons. The largest absolute Gasteiger partial charge is 0.313 e. The van der Waals surface area contributed by atoms with Gasteiger partial charge < -0.3 is 5.32 Å². The normalized spacial score (nSPS) is 19.1. The van der Waals surface area contributed by atoms with E-state index >= 15 is 0 Å². The molecule has 0 bridgehead atoms. The third-order valence-corrected chi connectivity index (χ3v) is 4.63. The molecule has 1 saturated heterocycles. The topological polar surface area (TPSA) is 62.5 Å². The molecule has 7 heteroatoms. The summed E-state index contributed by atoms with van der Waals surface area (Å²) in [6, 6.07) is 2.58. The summed E-state index contributed by atoms with van der Waals surface area (Å²) in [7, 11) is 0. The lowest BCUT2D eigenvalue weighted by atomic mass is 10.2. The van der Waals surface area contributed by atoms with Crippen LogP contribution in [0.3, 0.4) is 0 Å². The van der Waals surface area contributed by atoms with E-state index in [1.54, 1.807) is 11.6 Å². The van der Waals surface area contributed by atoms with Crippen LogP contribution in [-0.4, -0.2) is 44.7 Å². The van der Waals surface area contributed by atoms with Crippen LogP contribution in [0, 0.1) is 0 Å². The van der Waals surface area contributed by atoms with Crippen molar-refractivity contribution in [3.05, 3.63) is 27.6 Å². The maximum atomic E-state index is 12.0. The molecule has 21 heavy (non-hydrogen) atoms. The van der Waals surface area contributed by atoms with Gasteiger partial charge in [0.15, 0.2) is 0 Å². The molecule has 0 saturated carbocycles. The summed E-state index contributed by atoms with van der Waals surface area (Å²) in [6.45, 7) is 7.20. The van der Waals surface area contributed by atoms with Crippen LogP contribution in [0.1, 0.15) is 32.4 Å². The van der Waals surface area contributed by atoms with E-state index in [9.17, 15) is 4.79 Å². The predicted molar refractivity (Wildman–Crippen MR) is 83.7 cm³/mol. The minimum Gasteiger partial charge on any atom is -0.313 e. The molecule has 0 aromatic carbocycles. The van der Waals surface area contributed by atoms with Gasteiger partial charge in [0.2, 0.25) is 4.96 Å². The van der Waals surface area contributed by atoms with Gasteiger partial charge in [-0.25, -0.2) is 4.98 Å². The maximum absolute atomic E-state index is 12.0. The van der Waals surface area contributed by atoms with Gasteiger partial charge in [-0.2, -0.15) is 9.61 Å². The molecule has 1 fully saturated rings. The Labute approximate surface area is 127 Å². The Balaban J connectivity index is 1.78. The Bertz CT molecular complexity index is 659. The smallest absolute Gasteiger partial charge is 0.275 e.